The van der Waals surface area contributed by atoms with Crippen LogP contribution in [0.1, 0.15) is 22.5 Å². The van der Waals surface area contributed by atoms with Gasteiger partial charge in [-0.1, -0.05) is 18.2 Å². The molecule has 6 nitrogen and oxygen atoms in total. The fraction of sp³-hybridized carbons (Fsp3) is 0.333. The van der Waals surface area contributed by atoms with Crippen LogP contribution in [0.4, 0.5) is 10.1 Å². The van der Waals surface area contributed by atoms with E-state index in [4.69, 9.17) is 0 Å². The summed E-state index contributed by atoms with van der Waals surface area (Å²) >= 11 is 0. The summed E-state index contributed by atoms with van der Waals surface area (Å²) in [6.07, 6.45) is 2.50. The molecule has 26 heavy (non-hydrogen) atoms. The van der Waals surface area contributed by atoms with E-state index in [1.807, 2.05) is 0 Å². The number of anilines is 1. The molecule has 0 bridgehead atoms. The number of carbonyl (C=O) groups excluding carboxylic acids is 1. The number of rotatable bonds is 6. The van der Waals surface area contributed by atoms with Gasteiger partial charge in [0.15, 0.2) is 9.84 Å². The minimum Gasteiger partial charge on any atom is -0.383 e. The van der Waals surface area contributed by atoms with Crippen LogP contribution in [0.15, 0.2) is 42.6 Å². The number of hydrogen-bond acceptors (Lipinski definition) is 5. The zero-order chi connectivity index (χ0) is 18.6. The Kier molecular flexibility index (Phi) is 5.51. The van der Waals surface area contributed by atoms with Crippen molar-refractivity contribution >= 4 is 21.4 Å². The number of carbonyl (C=O) groups is 1. The Morgan fingerprint density at radius 2 is 2.04 bits per heavy atom. The van der Waals surface area contributed by atoms with E-state index in [0.717, 1.165) is 5.69 Å². The van der Waals surface area contributed by atoms with Crippen LogP contribution in [0.5, 0.6) is 0 Å². The average molecular weight is 377 g/mol. The largest absolute Gasteiger partial charge is 0.383 e. The standard InChI is InChI=1S/C18H20FN3O3S/c19-16-4-2-1-3-13(16)7-9-20-14-5-6-17(21-11-14)18(23)22-15-8-10-26(24,25)12-15/h1-6,11,15,20H,7-10,12H2,(H,22,23). The number of halogens is 1. The van der Waals surface area contributed by atoms with E-state index >= 15 is 0 Å². The number of nitrogens with zero attached hydrogens (tertiary/aromatic N) is 1. The van der Waals surface area contributed by atoms with Gasteiger partial charge in [0.05, 0.1) is 23.4 Å². The number of aromatic nitrogens is 1. The first kappa shape index (κ1) is 18.3. The van der Waals surface area contributed by atoms with Crippen molar-refractivity contribution < 1.29 is 17.6 Å². The Morgan fingerprint density at radius 3 is 2.69 bits per heavy atom. The third-order valence-corrected chi connectivity index (χ3v) is 6.01. The molecule has 1 fully saturated rings. The maximum atomic E-state index is 13.6. The lowest BCUT2D eigenvalue weighted by molar-refractivity contribution is 0.0936. The summed E-state index contributed by atoms with van der Waals surface area (Å²) < 4.78 is 36.4. The topological polar surface area (TPSA) is 88.2 Å². The molecule has 1 aromatic carbocycles. The summed E-state index contributed by atoms with van der Waals surface area (Å²) in [5.41, 5.74) is 1.59. The van der Waals surface area contributed by atoms with E-state index in [0.29, 0.717) is 24.9 Å². The maximum absolute atomic E-state index is 13.6. The molecule has 2 N–H and O–H groups in total. The third kappa shape index (κ3) is 4.78. The highest BCUT2D eigenvalue weighted by atomic mass is 32.2. The van der Waals surface area contributed by atoms with Gasteiger partial charge in [-0.2, -0.15) is 0 Å². The Morgan fingerprint density at radius 1 is 1.23 bits per heavy atom. The minimum atomic E-state index is -3.04. The smallest absolute Gasteiger partial charge is 0.270 e. The molecule has 1 aliphatic heterocycles. The van der Waals surface area contributed by atoms with Crippen LogP contribution in [-0.4, -0.2) is 43.4 Å². The van der Waals surface area contributed by atoms with Gasteiger partial charge in [-0.15, -0.1) is 0 Å². The van der Waals surface area contributed by atoms with Crippen molar-refractivity contribution in [2.75, 3.05) is 23.4 Å². The highest BCUT2D eigenvalue weighted by Crippen LogP contribution is 2.13. The van der Waals surface area contributed by atoms with E-state index in [9.17, 15) is 17.6 Å². The number of nitrogens with one attached hydrogen (secondary N) is 2. The van der Waals surface area contributed by atoms with Crippen LogP contribution in [-0.2, 0) is 16.3 Å². The fourth-order valence-electron chi connectivity index (χ4n) is 2.84. The molecule has 2 heterocycles. The highest BCUT2D eigenvalue weighted by Gasteiger charge is 2.29. The van der Waals surface area contributed by atoms with Gasteiger partial charge in [-0.25, -0.2) is 17.8 Å². The van der Waals surface area contributed by atoms with Crippen molar-refractivity contribution in [1.82, 2.24) is 10.3 Å². The van der Waals surface area contributed by atoms with Gasteiger partial charge in [0.1, 0.15) is 11.5 Å². The first-order valence-electron chi connectivity index (χ1n) is 8.37. The summed E-state index contributed by atoms with van der Waals surface area (Å²) in [7, 11) is -3.04. The Balaban J connectivity index is 1.50. The van der Waals surface area contributed by atoms with Gasteiger partial charge in [0, 0.05) is 12.6 Å². The van der Waals surface area contributed by atoms with E-state index in [2.05, 4.69) is 15.6 Å². The van der Waals surface area contributed by atoms with Crippen LogP contribution < -0.4 is 10.6 Å². The summed E-state index contributed by atoms with van der Waals surface area (Å²) in [6, 6.07) is 9.56. The number of sulfone groups is 1. The monoisotopic (exact) mass is 377 g/mol. The molecule has 0 saturated carbocycles. The van der Waals surface area contributed by atoms with Crippen molar-refractivity contribution in [1.29, 1.82) is 0 Å². The second-order valence-corrected chi connectivity index (χ2v) is 8.50. The van der Waals surface area contributed by atoms with Gasteiger partial charge in [0.2, 0.25) is 0 Å². The molecule has 138 valence electrons. The van der Waals surface area contributed by atoms with E-state index < -0.39 is 9.84 Å². The molecule has 1 saturated heterocycles. The van der Waals surface area contributed by atoms with E-state index in [1.54, 1.807) is 30.3 Å². The van der Waals surface area contributed by atoms with Gasteiger partial charge < -0.3 is 10.6 Å². The Bertz CT molecular complexity index is 885. The number of amides is 1. The first-order valence-corrected chi connectivity index (χ1v) is 10.2. The van der Waals surface area contributed by atoms with Crippen LogP contribution in [0, 0.1) is 5.82 Å². The second-order valence-electron chi connectivity index (χ2n) is 6.27. The predicted molar refractivity (Wildman–Crippen MR) is 97.4 cm³/mol. The lowest BCUT2D eigenvalue weighted by Gasteiger charge is -2.11. The normalized spacial score (nSPS) is 18.4. The molecule has 3 rings (SSSR count). The lowest BCUT2D eigenvalue weighted by atomic mass is 10.1. The molecule has 1 amide bonds. The summed E-state index contributed by atoms with van der Waals surface area (Å²) in [5.74, 6) is -0.525. The molecule has 2 aromatic rings. The van der Waals surface area contributed by atoms with Gasteiger partial charge >= 0.3 is 0 Å². The SMILES string of the molecule is O=C(NC1CCS(=O)(=O)C1)c1ccc(NCCc2ccccc2F)cn1. The molecule has 1 aromatic heterocycles. The van der Waals surface area contributed by atoms with Crippen molar-refractivity contribution in [3.63, 3.8) is 0 Å². The van der Waals surface area contributed by atoms with Crippen molar-refractivity contribution in [2.45, 2.75) is 18.9 Å². The van der Waals surface area contributed by atoms with E-state index in [-0.39, 0.29) is 35.0 Å². The third-order valence-electron chi connectivity index (χ3n) is 4.25. The number of hydrogen-bond donors (Lipinski definition) is 2. The zero-order valence-corrected chi connectivity index (χ0v) is 14.9. The van der Waals surface area contributed by atoms with Crippen molar-refractivity contribution in [3.8, 4) is 0 Å². The average Bonchev–Trinajstić information content (AvgIpc) is 2.95. The minimum absolute atomic E-state index is 0.0194. The number of benzene rings is 1. The predicted octanol–water partition coefficient (Wildman–Crippen LogP) is 1.79. The van der Waals surface area contributed by atoms with Crippen LogP contribution in [0.25, 0.3) is 0 Å². The molecule has 0 aliphatic carbocycles. The van der Waals surface area contributed by atoms with Gasteiger partial charge in [-0.3, -0.25) is 4.79 Å². The van der Waals surface area contributed by atoms with E-state index in [1.165, 1.54) is 12.3 Å². The molecule has 1 atom stereocenters. The number of pyridine rings is 1. The molecule has 8 heteroatoms. The molecule has 1 aliphatic rings. The second kappa shape index (κ2) is 7.82. The Labute approximate surface area is 151 Å². The first-order chi connectivity index (χ1) is 12.4. The summed E-state index contributed by atoms with van der Waals surface area (Å²) in [4.78, 5) is 16.2. The van der Waals surface area contributed by atoms with Crippen LogP contribution in [0.3, 0.4) is 0 Å². The fourth-order valence-corrected chi connectivity index (χ4v) is 4.52. The van der Waals surface area contributed by atoms with Crippen LogP contribution in [0.2, 0.25) is 0 Å². The Hall–Kier alpha value is -2.48. The molecule has 1 unspecified atom stereocenters. The van der Waals surface area contributed by atoms with Crippen molar-refractivity contribution in [2.24, 2.45) is 0 Å². The zero-order valence-electron chi connectivity index (χ0n) is 14.1. The van der Waals surface area contributed by atoms with Crippen LogP contribution >= 0.6 is 0 Å². The maximum Gasteiger partial charge on any atom is 0.270 e. The van der Waals surface area contributed by atoms with Gasteiger partial charge in [-0.05, 0) is 36.6 Å². The highest BCUT2D eigenvalue weighted by molar-refractivity contribution is 7.91. The molecule has 0 radical (unpaired) electrons. The molecule has 0 spiro atoms. The van der Waals surface area contributed by atoms with Gasteiger partial charge in [0.25, 0.3) is 5.91 Å². The summed E-state index contributed by atoms with van der Waals surface area (Å²) in [6.45, 7) is 0.536. The molecular formula is C18H20FN3O3S. The lowest BCUT2D eigenvalue weighted by Crippen LogP contribution is -2.36. The summed E-state index contributed by atoms with van der Waals surface area (Å²) in [5, 5.41) is 5.83. The van der Waals surface area contributed by atoms with Crippen molar-refractivity contribution in [3.05, 3.63) is 59.7 Å². The molecular weight excluding hydrogens is 357 g/mol. The quantitative estimate of drug-likeness (QED) is 0.801.